The number of hydrazone groups is 1. The lowest BCUT2D eigenvalue weighted by Gasteiger charge is -2.09. The number of carbonyl (C=O) groups excluding carboxylic acids is 1. The van der Waals surface area contributed by atoms with E-state index in [0.717, 1.165) is 47.3 Å². The first-order valence-electron chi connectivity index (χ1n) is 11.5. The molecule has 0 fully saturated rings. The molecule has 0 atom stereocenters. The fourth-order valence-corrected chi connectivity index (χ4v) is 4.18. The molecule has 6 heteroatoms. The number of nitrogens with one attached hydrogen (secondary N) is 1. The lowest BCUT2D eigenvalue weighted by molar-refractivity contribution is 0.0949. The first kappa shape index (κ1) is 21.6. The SMILES string of the molecule is Cc1ccc(COc2ccccc2/C=N/NC(=O)c2nn(-c3ccccc3)c3c2CCC3)cc1. The average Bonchev–Trinajstić information content (AvgIpc) is 3.48. The summed E-state index contributed by atoms with van der Waals surface area (Å²) in [7, 11) is 0. The van der Waals surface area contributed by atoms with Crippen molar-refractivity contribution in [3.8, 4) is 11.4 Å². The first-order chi connectivity index (χ1) is 16.7. The van der Waals surface area contributed by atoms with Gasteiger partial charge < -0.3 is 4.74 Å². The van der Waals surface area contributed by atoms with Crippen LogP contribution >= 0.6 is 0 Å². The highest BCUT2D eigenvalue weighted by Crippen LogP contribution is 2.27. The van der Waals surface area contributed by atoms with E-state index >= 15 is 0 Å². The molecule has 170 valence electrons. The Labute approximate surface area is 198 Å². The molecule has 5 rings (SSSR count). The van der Waals surface area contributed by atoms with E-state index < -0.39 is 0 Å². The third-order valence-electron chi connectivity index (χ3n) is 5.95. The highest BCUT2D eigenvalue weighted by atomic mass is 16.5. The van der Waals surface area contributed by atoms with Crippen molar-refractivity contribution in [1.82, 2.24) is 15.2 Å². The largest absolute Gasteiger partial charge is 0.488 e. The van der Waals surface area contributed by atoms with Crippen LogP contribution in [-0.4, -0.2) is 21.9 Å². The van der Waals surface area contributed by atoms with E-state index in [2.05, 4.69) is 46.8 Å². The predicted octanol–water partition coefficient (Wildman–Crippen LogP) is 5.01. The molecule has 0 bridgehead atoms. The number of aryl methyl sites for hydroxylation is 1. The Balaban J connectivity index is 1.29. The first-order valence-corrected chi connectivity index (χ1v) is 11.5. The Hall–Kier alpha value is -4.19. The van der Waals surface area contributed by atoms with Crippen LogP contribution in [0, 0.1) is 6.92 Å². The van der Waals surface area contributed by atoms with E-state index in [-0.39, 0.29) is 5.91 Å². The van der Waals surface area contributed by atoms with E-state index in [4.69, 9.17) is 4.74 Å². The number of ether oxygens (including phenoxy) is 1. The molecule has 6 nitrogen and oxygen atoms in total. The Morgan fingerprint density at radius 2 is 1.79 bits per heavy atom. The van der Waals surface area contributed by atoms with Crippen LogP contribution in [0.4, 0.5) is 0 Å². The van der Waals surface area contributed by atoms with Gasteiger partial charge in [0.15, 0.2) is 5.69 Å². The summed E-state index contributed by atoms with van der Waals surface area (Å²) in [6, 6.07) is 25.8. The topological polar surface area (TPSA) is 68.5 Å². The van der Waals surface area contributed by atoms with Crippen molar-refractivity contribution in [2.24, 2.45) is 5.10 Å². The van der Waals surface area contributed by atoms with Crippen LogP contribution in [0.15, 0.2) is 84.0 Å². The zero-order valence-corrected chi connectivity index (χ0v) is 19.1. The fraction of sp³-hybridized carbons (Fsp3) is 0.179. The van der Waals surface area contributed by atoms with Crippen molar-refractivity contribution >= 4 is 12.1 Å². The molecule has 0 saturated heterocycles. The predicted molar refractivity (Wildman–Crippen MR) is 133 cm³/mol. The summed E-state index contributed by atoms with van der Waals surface area (Å²) in [6.07, 6.45) is 4.40. The number of hydrogen-bond acceptors (Lipinski definition) is 4. The Morgan fingerprint density at radius 3 is 2.62 bits per heavy atom. The van der Waals surface area contributed by atoms with Crippen LogP contribution in [0.1, 0.15) is 44.9 Å². The van der Waals surface area contributed by atoms with Gasteiger partial charge in [0.25, 0.3) is 5.91 Å². The molecule has 0 radical (unpaired) electrons. The minimum atomic E-state index is -0.304. The van der Waals surface area contributed by atoms with Gasteiger partial charge in [-0.15, -0.1) is 0 Å². The quantitative estimate of drug-likeness (QED) is 0.318. The van der Waals surface area contributed by atoms with Crippen LogP contribution in [0.2, 0.25) is 0 Å². The Kier molecular flexibility index (Phi) is 6.21. The lowest BCUT2D eigenvalue weighted by Crippen LogP contribution is -2.20. The third kappa shape index (κ3) is 4.62. The van der Waals surface area contributed by atoms with Gasteiger partial charge in [0.2, 0.25) is 0 Å². The summed E-state index contributed by atoms with van der Waals surface area (Å²) in [5.41, 5.74) is 9.26. The lowest BCUT2D eigenvalue weighted by atomic mass is 10.1. The van der Waals surface area contributed by atoms with Gasteiger partial charge in [-0.1, -0.05) is 60.2 Å². The van der Waals surface area contributed by atoms with Crippen molar-refractivity contribution in [3.05, 3.63) is 113 Å². The summed E-state index contributed by atoms with van der Waals surface area (Å²) in [6.45, 7) is 2.52. The van der Waals surface area contributed by atoms with Crippen LogP contribution in [0.5, 0.6) is 5.75 Å². The van der Waals surface area contributed by atoms with Gasteiger partial charge in [0, 0.05) is 16.8 Å². The van der Waals surface area contributed by atoms with Crippen molar-refractivity contribution in [3.63, 3.8) is 0 Å². The van der Waals surface area contributed by atoms with E-state index in [1.165, 1.54) is 5.56 Å². The molecule has 0 aliphatic heterocycles. The molecule has 1 N–H and O–H groups in total. The van der Waals surface area contributed by atoms with Gasteiger partial charge in [0.1, 0.15) is 12.4 Å². The Bertz CT molecular complexity index is 1320. The van der Waals surface area contributed by atoms with Crippen LogP contribution in [-0.2, 0) is 19.4 Å². The number of para-hydroxylation sites is 2. The van der Waals surface area contributed by atoms with Crippen molar-refractivity contribution in [2.45, 2.75) is 32.8 Å². The fourth-order valence-electron chi connectivity index (χ4n) is 4.18. The number of benzene rings is 3. The number of aromatic nitrogens is 2. The van der Waals surface area contributed by atoms with Crippen LogP contribution < -0.4 is 10.2 Å². The van der Waals surface area contributed by atoms with Gasteiger partial charge in [-0.05, 0) is 56.0 Å². The van der Waals surface area contributed by atoms with Crippen molar-refractivity contribution in [1.29, 1.82) is 0 Å². The third-order valence-corrected chi connectivity index (χ3v) is 5.95. The second-order valence-electron chi connectivity index (χ2n) is 8.39. The summed E-state index contributed by atoms with van der Waals surface area (Å²) < 4.78 is 7.88. The maximum absolute atomic E-state index is 12.9. The molecule has 3 aromatic carbocycles. The second-order valence-corrected chi connectivity index (χ2v) is 8.39. The average molecular weight is 451 g/mol. The molecule has 0 spiro atoms. The normalized spacial score (nSPS) is 12.6. The van der Waals surface area contributed by atoms with Gasteiger partial charge >= 0.3 is 0 Å². The number of nitrogens with zero attached hydrogens (tertiary/aromatic N) is 3. The number of fused-ring (bicyclic) bond motifs is 1. The minimum Gasteiger partial charge on any atom is -0.488 e. The monoisotopic (exact) mass is 450 g/mol. The summed E-state index contributed by atoms with van der Waals surface area (Å²) in [5, 5.41) is 8.82. The molecule has 1 heterocycles. The zero-order chi connectivity index (χ0) is 23.3. The molecule has 34 heavy (non-hydrogen) atoms. The molecule has 0 unspecified atom stereocenters. The van der Waals surface area contributed by atoms with Gasteiger partial charge in [-0.2, -0.15) is 10.2 Å². The molecule has 1 aliphatic carbocycles. The Morgan fingerprint density at radius 1 is 1.03 bits per heavy atom. The zero-order valence-electron chi connectivity index (χ0n) is 19.1. The maximum Gasteiger partial charge on any atom is 0.292 e. The van der Waals surface area contributed by atoms with Crippen LogP contribution in [0.3, 0.4) is 0 Å². The van der Waals surface area contributed by atoms with E-state index in [9.17, 15) is 4.79 Å². The second kappa shape index (κ2) is 9.75. The molecule has 1 aromatic heterocycles. The molecule has 4 aromatic rings. The smallest absolute Gasteiger partial charge is 0.292 e. The number of hydrogen-bond donors (Lipinski definition) is 1. The number of amides is 1. The minimum absolute atomic E-state index is 0.304. The standard InChI is InChI=1S/C28H26N4O2/c1-20-14-16-21(17-15-20)19-34-26-13-6-5-8-22(26)18-29-30-28(33)27-24-11-7-12-25(24)32(31-27)23-9-3-2-4-10-23/h2-6,8-10,13-18H,7,11-12,19H2,1H3,(H,30,33)/b29-18+. The number of rotatable bonds is 7. The van der Waals surface area contributed by atoms with Gasteiger partial charge in [0.05, 0.1) is 11.9 Å². The summed E-state index contributed by atoms with van der Waals surface area (Å²) in [4.78, 5) is 12.9. The summed E-state index contributed by atoms with van der Waals surface area (Å²) >= 11 is 0. The van der Waals surface area contributed by atoms with Crippen molar-refractivity contribution < 1.29 is 9.53 Å². The van der Waals surface area contributed by atoms with E-state index in [0.29, 0.717) is 18.1 Å². The van der Waals surface area contributed by atoms with E-state index in [1.807, 2.05) is 59.3 Å². The van der Waals surface area contributed by atoms with Crippen molar-refractivity contribution in [2.75, 3.05) is 0 Å². The molecular weight excluding hydrogens is 424 g/mol. The summed E-state index contributed by atoms with van der Waals surface area (Å²) in [5.74, 6) is 0.400. The molecule has 1 amide bonds. The highest BCUT2D eigenvalue weighted by Gasteiger charge is 2.26. The number of carbonyl (C=O) groups is 1. The maximum atomic E-state index is 12.9. The van der Waals surface area contributed by atoms with Gasteiger partial charge in [-0.25, -0.2) is 10.1 Å². The van der Waals surface area contributed by atoms with E-state index in [1.54, 1.807) is 6.21 Å². The molecule has 0 saturated carbocycles. The highest BCUT2D eigenvalue weighted by molar-refractivity contribution is 5.95. The molecule has 1 aliphatic rings. The molecular formula is C28H26N4O2. The van der Waals surface area contributed by atoms with Gasteiger partial charge in [-0.3, -0.25) is 4.79 Å². The van der Waals surface area contributed by atoms with Crippen LogP contribution in [0.25, 0.3) is 5.69 Å².